The van der Waals surface area contributed by atoms with Crippen LogP contribution in [0.3, 0.4) is 0 Å². The molecule has 1 rings (SSSR count). The van der Waals surface area contributed by atoms with Crippen molar-refractivity contribution in [2.45, 2.75) is 4.90 Å². The highest BCUT2D eigenvalue weighted by Gasteiger charge is 2.10. The molecular weight excluding hydrogens is 242 g/mol. The molecule has 64 valence electrons. The van der Waals surface area contributed by atoms with Crippen LogP contribution in [0.2, 0.25) is 0 Å². The van der Waals surface area contributed by atoms with Gasteiger partial charge in [-0.05, 0) is 34.3 Å². The lowest BCUT2D eigenvalue weighted by Crippen LogP contribution is -1.88. The number of nitrogens with zero attached hydrogens (tertiary/aromatic N) is 1. The second kappa shape index (κ2) is 3.91. The van der Waals surface area contributed by atoms with Crippen molar-refractivity contribution in [1.82, 2.24) is 0 Å². The van der Waals surface area contributed by atoms with Crippen LogP contribution in [0.25, 0.3) is 0 Å². The molecule has 5 heteroatoms. The molecule has 12 heavy (non-hydrogen) atoms. The molecule has 0 fully saturated rings. The average Bonchev–Trinajstić information content (AvgIpc) is 2.03. The Morgan fingerprint density at radius 2 is 2.25 bits per heavy atom. The molecular formula is C7H6BrNO2S. The monoisotopic (exact) mass is 247 g/mol. The van der Waals surface area contributed by atoms with Gasteiger partial charge in [-0.1, -0.05) is 0 Å². The lowest BCUT2D eigenvalue weighted by molar-refractivity contribution is -0.385. The van der Waals surface area contributed by atoms with Crippen LogP contribution < -0.4 is 0 Å². The lowest BCUT2D eigenvalue weighted by Gasteiger charge is -1.97. The first-order chi connectivity index (χ1) is 5.65. The molecule has 0 aliphatic heterocycles. The maximum atomic E-state index is 10.4. The SMILES string of the molecule is CSc1ccc([N+](=O)[O-])c(Br)c1. The van der Waals surface area contributed by atoms with E-state index in [1.54, 1.807) is 23.9 Å². The number of nitro groups is 1. The molecule has 0 spiro atoms. The van der Waals surface area contributed by atoms with E-state index in [-0.39, 0.29) is 5.69 Å². The minimum Gasteiger partial charge on any atom is -0.258 e. The highest BCUT2D eigenvalue weighted by atomic mass is 79.9. The second-order valence-electron chi connectivity index (χ2n) is 2.07. The Kier molecular flexibility index (Phi) is 3.11. The summed E-state index contributed by atoms with van der Waals surface area (Å²) < 4.78 is 0.527. The zero-order chi connectivity index (χ0) is 9.14. The zero-order valence-corrected chi connectivity index (χ0v) is 8.68. The van der Waals surface area contributed by atoms with Gasteiger partial charge in [-0.25, -0.2) is 0 Å². The fourth-order valence-electron chi connectivity index (χ4n) is 0.763. The molecule has 0 bridgehead atoms. The standard InChI is InChI=1S/C7H6BrNO2S/c1-12-5-2-3-7(9(10)11)6(8)4-5/h2-4H,1H3. The number of hydrogen-bond donors (Lipinski definition) is 0. The minimum absolute atomic E-state index is 0.104. The molecule has 0 aliphatic rings. The van der Waals surface area contributed by atoms with Gasteiger partial charge in [0, 0.05) is 11.0 Å². The van der Waals surface area contributed by atoms with Gasteiger partial charge in [0.15, 0.2) is 0 Å². The van der Waals surface area contributed by atoms with Crippen molar-refractivity contribution < 1.29 is 4.92 Å². The van der Waals surface area contributed by atoms with Gasteiger partial charge < -0.3 is 0 Å². The molecule has 0 heterocycles. The van der Waals surface area contributed by atoms with Crippen LogP contribution in [0.5, 0.6) is 0 Å². The Labute approximate surface area is 82.4 Å². The third-order valence-corrected chi connectivity index (χ3v) is 2.71. The number of benzene rings is 1. The molecule has 0 atom stereocenters. The van der Waals surface area contributed by atoms with Gasteiger partial charge in [0.05, 0.1) is 9.40 Å². The molecule has 0 radical (unpaired) electrons. The number of halogens is 1. The smallest absolute Gasteiger partial charge is 0.258 e. The van der Waals surface area contributed by atoms with Crippen molar-refractivity contribution in [2.75, 3.05) is 6.26 Å². The van der Waals surface area contributed by atoms with E-state index < -0.39 is 4.92 Å². The third kappa shape index (κ3) is 1.98. The van der Waals surface area contributed by atoms with Gasteiger partial charge in [-0.15, -0.1) is 11.8 Å². The van der Waals surface area contributed by atoms with E-state index in [4.69, 9.17) is 0 Å². The van der Waals surface area contributed by atoms with E-state index in [0.29, 0.717) is 4.47 Å². The van der Waals surface area contributed by atoms with Crippen LogP contribution in [0.1, 0.15) is 0 Å². The van der Waals surface area contributed by atoms with Crippen LogP contribution in [-0.2, 0) is 0 Å². The summed E-state index contributed by atoms with van der Waals surface area (Å²) in [5.74, 6) is 0. The summed E-state index contributed by atoms with van der Waals surface area (Å²) in [5.41, 5.74) is 0.104. The highest BCUT2D eigenvalue weighted by Crippen LogP contribution is 2.28. The van der Waals surface area contributed by atoms with Crippen LogP contribution in [0.15, 0.2) is 27.6 Å². The first kappa shape index (κ1) is 9.54. The molecule has 0 N–H and O–H groups in total. The topological polar surface area (TPSA) is 43.1 Å². The molecule has 0 unspecified atom stereocenters. The predicted octanol–water partition coefficient (Wildman–Crippen LogP) is 3.08. The van der Waals surface area contributed by atoms with E-state index >= 15 is 0 Å². The van der Waals surface area contributed by atoms with Gasteiger partial charge in [0.25, 0.3) is 5.69 Å². The summed E-state index contributed by atoms with van der Waals surface area (Å²) >= 11 is 4.68. The van der Waals surface area contributed by atoms with E-state index in [9.17, 15) is 10.1 Å². The van der Waals surface area contributed by atoms with Crippen molar-refractivity contribution >= 4 is 33.4 Å². The largest absolute Gasteiger partial charge is 0.283 e. The van der Waals surface area contributed by atoms with E-state index in [1.807, 2.05) is 6.26 Å². The summed E-state index contributed by atoms with van der Waals surface area (Å²) in [6.45, 7) is 0. The molecule has 3 nitrogen and oxygen atoms in total. The van der Waals surface area contributed by atoms with Gasteiger partial charge in [0.1, 0.15) is 0 Å². The van der Waals surface area contributed by atoms with Crippen molar-refractivity contribution in [3.8, 4) is 0 Å². The molecule has 0 amide bonds. The quantitative estimate of drug-likeness (QED) is 0.459. The molecule has 0 aliphatic carbocycles. The Morgan fingerprint density at radius 3 is 2.67 bits per heavy atom. The van der Waals surface area contributed by atoms with Crippen molar-refractivity contribution in [2.24, 2.45) is 0 Å². The van der Waals surface area contributed by atoms with E-state index in [1.165, 1.54) is 6.07 Å². The normalized spacial score (nSPS) is 9.83. The van der Waals surface area contributed by atoms with Crippen LogP contribution in [0, 0.1) is 10.1 Å². The van der Waals surface area contributed by atoms with E-state index in [2.05, 4.69) is 15.9 Å². The van der Waals surface area contributed by atoms with Crippen LogP contribution in [0.4, 0.5) is 5.69 Å². The summed E-state index contributed by atoms with van der Waals surface area (Å²) in [5, 5.41) is 10.4. The number of hydrogen-bond acceptors (Lipinski definition) is 3. The molecule has 1 aromatic rings. The van der Waals surface area contributed by atoms with Gasteiger partial charge in [-0.2, -0.15) is 0 Å². The maximum absolute atomic E-state index is 10.4. The summed E-state index contributed by atoms with van der Waals surface area (Å²) in [7, 11) is 0. The molecule has 0 saturated carbocycles. The van der Waals surface area contributed by atoms with Crippen LogP contribution >= 0.6 is 27.7 Å². The number of rotatable bonds is 2. The van der Waals surface area contributed by atoms with E-state index in [0.717, 1.165) is 4.90 Å². The predicted molar refractivity (Wildman–Crippen MR) is 52.6 cm³/mol. The minimum atomic E-state index is -0.409. The van der Waals surface area contributed by atoms with Gasteiger partial charge in [-0.3, -0.25) is 10.1 Å². The summed E-state index contributed by atoms with van der Waals surface area (Å²) in [4.78, 5) is 11.0. The lowest BCUT2D eigenvalue weighted by atomic mass is 10.3. The Morgan fingerprint density at radius 1 is 1.58 bits per heavy atom. The zero-order valence-electron chi connectivity index (χ0n) is 6.28. The van der Waals surface area contributed by atoms with Crippen molar-refractivity contribution in [3.05, 3.63) is 32.8 Å². The average molecular weight is 248 g/mol. The fourth-order valence-corrected chi connectivity index (χ4v) is 1.88. The van der Waals surface area contributed by atoms with Crippen molar-refractivity contribution in [1.29, 1.82) is 0 Å². The van der Waals surface area contributed by atoms with Crippen LogP contribution in [-0.4, -0.2) is 11.2 Å². The molecule has 0 saturated heterocycles. The van der Waals surface area contributed by atoms with Gasteiger partial charge in [0.2, 0.25) is 0 Å². The fraction of sp³-hybridized carbons (Fsp3) is 0.143. The van der Waals surface area contributed by atoms with Crippen molar-refractivity contribution in [3.63, 3.8) is 0 Å². The first-order valence-corrected chi connectivity index (χ1v) is 5.15. The van der Waals surface area contributed by atoms with Gasteiger partial charge >= 0.3 is 0 Å². The third-order valence-electron chi connectivity index (χ3n) is 1.35. The Hall–Kier alpha value is -0.550. The molecule has 1 aromatic carbocycles. The maximum Gasteiger partial charge on any atom is 0.283 e. The summed E-state index contributed by atoms with van der Waals surface area (Å²) in [6, 6.07) is 4.96. The molecule has 0 aromatic heterocycles. The summed E-state index contributed by atoms with van der Waals surface area (Å²) in [6.07, 6.45) is 1.92. The highest BCUT2D eigenvalue weighted by molar-refractivity contribution is 9.10. The Bertz CT molecular complexity index is 316. The second-order valence-corrected chi connectivity index (χ2v) is 3.81. The Balaban J connectivity index is 3.12. The number of thioether (sulfide) groups is 1. The first-order valence-electron chi connectivity index (χ1n) is 3.13. The number of nitro benzene ring substituents is 1.